The summed E-state index contributed by atoms with van der Waals surface area (Å²) in [7, 11) is -1.69. The first-order valence-electron chi connectivity index (χ1n) is 6.22. The van der Waals surface area contributed by atoms with E-state index in [4.69, 9.17) is 15.2 Å². The number of para-hydroxylation sites is 2. The Morgan fingerprint density at radius 1 is 1.05 bits per heavy atom. The molecule has 0 fully saturated rings. The van der Waals surface area contributed by atoms with E-state index in [9.17, 15) is 13.0 Å². The van der Waals surface area contributed by atoms with Crippen LogP contribution in [0.15, 0.2) is 42.5 Å². The van der Waals surface area contributed by atoms with Gasteiger partial charge in [-0.2, -0.15) is 8.42 Å². The summed E-state index contributed by atoms with van der Waals surface area (Å²) in [5.74, 6) is 0.755. The molecule has 3 N–H and O–H groups in total. The number of benzene rings is 2. The molecule has 0 heterocycles. The van der Waals surface area contributed by atoms with Crippen LogP contribution in [0.5, 0.6) is 11.5 Å². The van der Waals surface area contributed by atoms with Crippen molar-refractivity contribution in [2.24, 2.45) is 0 Å². The van der Waals surface area contributed by atoms with Crippen molar-refractivity contribution in [3.05, 3.63) is 42.5 Å². The van der Waals surface area contributed by atoms with Crippen molar-refractivity contribution in [2.45, 2.75) is 0 Å². The van der Waals surface area contributed by atoms with E-state index in [1.165, 1.54) is 44.6 Å². The number of rotatable bonds is 5. The minimum absolute atomic E-state index is 0.136. The number of nitrogens with two attached hydrogens (primary N) is 1. The second-order valence-electron chi connectivity index (χ2n) is 4.34. The van der Waals surface area contributed by atoms with Gasteiger partial charge >= 0.3 is 10.3 Å². The molecule has 2 rings (SSSR count). The zero-order valence-electron chi connectivity index (χ0n) is 12.1. The van der Waals surface area contributed by atoms with Gasteiger partial charge in [0.15, 0.2) is 11.5 Å². The average molecular weight is 324 g/mol. The van der Waals surface area contributed by atoms with E-state index in [0.29, 0.717) is 11.5 Å². The second kappa shape index (κ2) is 6.12. The molecule has 0 amide bonds. The Morgan fingerprint density at radius 2 is 1.68 bits per heavy atom. The van der Waals surface area contributed by atoms with Crippen molar-refractivity contribution in [1.29, 1.82) is 0 Å². The Kier molecular flexibility index (Phi) is 4.43. The summed E-state index contributed by atoms with van der Waals surface area (Å²) in [4.78, 5) is 0. The summed E-state index contributed by atoms with van der Waals surface area (Å²) in [5.41, 5.74) is 6.31. The van der Waals surface area contributed by atoms with Crippen LogP contribution in [0.1, 0.15) is 0 Å². The van der Waals surface area contributed by atoms with E-state index >= 15 is 0 Å². The van der Waals surface area contributed by atoms with Gasteiger partial charge < -0.3 is 15.2 Å². The Bertz CT molecular complexity index is 777. The van der Waals surface area contributed by atoms with E-state index in [0.717, 1.165) is 4.31 Å². The zero-order chi connectivity index (χ0) is 16.3. The van der Waals surface area contributed by atoms with Gasteiger partial charge in [-0.25, -0.2) is 4.31 Å². The van der Waals surface area contributed by atoms with Crippen molar-refractivity contribution in [1.82, 2.24) is 0 Å². The molecule has 0 saturated carbocycles. The lowest BCUT2D eigenvalue weighted by atomic mass is 10.2. The number of hydrogen-bond acceptors (Lipinski definition) is 5. The molecule has 2 aromatic rings. The van der Waals surface area contributed by atoms with E-state index in [2.05, 4.69) is 0 Å². The number of anilines is 3. The number of ether oxygens (including phenoxy) is 2. The van der Waals surface area contributed by atoms with Crippen LogP contribution in [0.4, 0.5) is 17.1 Å². The topological polar surface area (TPSA) is 102 Å². The minimum atomic E-state index is -4.58. The van der Waals surface area contributed by atoms with Gasteiger partial charge in [0.2, 0.25) is 0 Å². The molecule has 0 bridgehead atoms. The molecule has 0 radical (unpaired) electrons. The molecule has 0 spiro atoms. The smallest absolute Gasteiger partial charge is 0.364 e. The number of methoxy groups -OCH3 is 2. The molecular weight excluding hydrogens is 308 g/mol. The molecular formula is C14H16N2O5S. The van der Waals surface area contributed by atoms with Crippen LogP contribution in [0.2, 0.25) is 0 Å². The van der Waals surface area contributed by atoms with Crippen LogP contribution in [-0.2, 0) is 10.3 Å². The highest BCUT2D eigenvalue weighted by Crippen LogP contribution is 2.37. The van der Waals surface area contributed by atoms with Gasteiger partial charge in [0.25, 0.3) is 0 Å². The van der Waals surface area contributed by atoms with Crippen molar-refractivity contribution < 1.29 is 22.4 Å². The highest BCUT2D eigenvalue weighted by Gasteiger charge is 2.24. The number of nitrogen functional groups attached to an aromatic ring is 1. The lowest BCUT2D eigenvalue weighted by molar-refractivity contribution is 0.355. The lowest BCUT2D eigenvalue weighted by Crippen LogP contribution is -2.26. The van der Waals surface area contributed by atoms with Gasteiger partial charge in [0.1, 0.15) is 0 Å². The Labute approximate surface area is 128 Å². The molecule has 2 aromatic carbocycles. The molecule has 22 heavy (non-hydrogen) atoms. The summed E-state index contributed by atoms with van der Waals surface area (Å²) >= 11 is 0. The third-order valence-corrected chi connectivity index (χ3v) is 3.86. The molecule has 0 unspecified atom stereocenters. The Balaban J connectivity index is 2.64. The summed E-state index contributed by atoms with van der Waals surface area (Å²) < 4.78 is 44.1. The molecule has 0 aliphatic heterocycles. The maximum absolute atomic E-state index is 11.8. The molecule has 0 aliphatic carbocycles. The van der Waals surface area contributed by atoms with Crippen LogP contribution in [0.3, 0.4) is 0 Å². The van der Waals surface area contributed by atoms with Crippen LogP contribution < -0.4 is 19.5 Å². The van der Waals surface area contributed by atoms with Crippen LogP contribution in [0.25, 0.3) is 0 Å². The maximum atomic E-state index is 11.8. The first-order chi connectivity index (χ1) is 10.4. The van der Waals surface area contributed by atoms with Gasteiger partial charge in [-0.1, -0.05) is 12.1 Å². The second-order valence-corrected chi connectivity index (χ2v) is 5.60. The largest absolute Gasteiger partial charge is 0.493 e. The highest BCUT2D eigenvalue weighted by atomic mass is 32.2. The van der Waals surface area contributed by atoms with Crippen molar-refractivity contribution >= 4 is 27.4 Å². The van der Waals surface area contributed by atoms with Crippen molar-refractivity contribution in [3.63, 3.8) is 0 Å². The SMILES string of the molecule is COc1ccc(N(c2ccccc2N)S(=O)(=O)O)cc1OC. The maximum Gasteiger partial charge on any atom is 0.364 e. The summed E-state index contributed by atoms with van der Waals surface area (Å²) in [6, 6.07) is 10.7. The molecule has 0 aromatic heterocycles. The quantitative estimate of drug-likeness (QED) is 0.646. The van der Waals surface area contributed by atoms with Gasteiger partial charge in [0, 0.05) is 6.07 Å². The van der Waals surface area contributed by atoms with E-state index in [-0.39, 0.29) is 17.1 Å². The van der Waals surface area contributed by atoms with Gasteiger partial charge in [-0.15, -0.1) is 0 Å². The monoisotopic (exact) mass is 324 g/mol. The highest BCUT2D eigenvalue weighted by molar-refractivity contribution is 7.87. The molecule has 7 nitrogen and oxygen atoms in total. The third kappa shape index (κ3) is 3.07. The fourth-order valence-electron chi connectivity index (χ4n) is 2.02. The fourth-order valence-corrected chi connectivity index (χ4v) is 2.82. The van der Waals surface area contributed by atoms with E-state index in [1.807, 2.05) is 0 Å². The van der Waals surface area contributed by atoms with Crippen LogP contribution >= 0.6 is 0 Å². The summed E-state index contributed by atoms with van der Waals surface area (Å²) in [6.07, 6.45) is 0. The van der Waals surface area contributed by atoms with Crippen LogP contribution in [-0.4, -0.2) is 27.2 Å². The normalized spacial score (nSPS) is 11.0. The standard InChI is InChI=1S/C14H16N2O5S/c1-20-13-8-7-10(9-14(13)21-2)16(22(17,18)19)12-6-4-3-5-11(12)15/h3-9H,15H2,1-2H3,(H,17,18,19). The zero-order valence-corrected chi connectivity index (χ0v) is 12.9. The molecule has 118 valence electrons. The van der Waals surface area contributed by atoms with Crippen LogP contribution in [0, 0.1) is 0 Å². The predicted octanol–water partition coefficient (Wildman–Crippen LogP) is 2.23. The molecule has 8 heteroatoms. The Morgan fingerprint density at radius 3 is 2.23 bits per heavy atom. The van der Waals surface area contributed by atoms with Crippen molar-refractivity contribution in [2.75, 3.05) is 24.3 Å². The van der Waals surface area contributed by atoms with Crippen molar-refractivity contribution in [3.8, 4) is 11.5 Å². The molecule has 0 aliphatic rings. The van der Waals surface area contributed by atoms with E-state index in [1.54, 1.807) is 12.1 Å². The Hall–Kier alpha value is -2.45. The average Bonchev–Trinajstić information content (AvgIpc) is 2.48. The third-order valence-electron chi connectivity index (χ3n) is 2.99. The summed E-state index contributed by atoms with van der Waals surface area (Å²) in [5, 5.41) is 0. The first kappa shape index (κ1) is 15.9. The fraction of sp³-hybridized carbons (Fsp3) is 0.143. The molecule has 0 saturated heterocycles. The van der Waals surface area contributed by atoms with E-state index < -0.39 is 10.3 Å². The minimum Gasteiger partial charge on any atom is -0.493 e. The predicted molar refractivity (Wildman–Crippen MR) is 84.1 cm³/mol. The van der Waals surface area contributed by atoms with Gasteiger partial charge in [-0.05, 0) is 24.3 Å². The first-order valence-corrected chi connectivity index (χ1v) is 7.62. The number of nitrogens with zero attached hydrogens (tertiary/aromatic N) is 1. The van der Waals surface area contributed by atoms with Gasteiger partial charge in [-0.3, -0.25) is 4.55 Å². The van der Waals surface area contributed by atoms with Gasteiger partial charge in [0.05, 0.1) is 31.3 Å². The molecule has 0 atom stereocenters. The number of hydrogen-bond donors (Lipinski definition) is 2. The lowest BCUT2D eigenvalue weighted by Gasteiger charge is -2.23. The summed E-state index contributed by atoms with van der Waals surface area (Å²) in [6.45, 7) is 0.